The third-order valence-electron chi connectivity index (χ3n) is 3.68. The van der Waals surface area contributed by atoms with Crippen LogP contribution >= 0.6 is 0 Å². The summed E-state index contributed by atoms with van der Waals surface area (Å²) in [6.45, 7) is 0.471. The number of carbonyl (C=O) groups excluding carboxylic acids is 2. The van der Waals surface area contributed by atoms with E-state index >= 15 is 0 Å². The van der Waals surface area contributed by atoms with Gasteiger partial charge in [-0.2, -0.15) is 4.98 Å². The predicted octanol–water partition coefficient (Wildman–Crippen LogP) is 1.90. The Hall–Kier alpha value is -3.68. The zero-order valence-electron chi connectivity index (χ0n) is 14.6. The van der Waals surface area contributed by atoms with Crippen molar-refractivity contribution in [3.8, 4) is 17.1 Å². The van der Waals surface area contributed by atoms with Gasteiger partial charge in [0.1, 0.15) is 5.75 Å². The number of hydrogen-bond acceptors (Lipinski definition) is 6. The molecule has 0 unspecified atom stereocenters. The molecule has 0 radical (unpaired) electrons. The van der Waals surface area contributed by atoms with Crippen LogP contribution in [0.25, 0.3) is 11.4 Å². The zero-order valence-corrected chi connectivity index (χ0v) is 14.6. The third kappa shape index (κ3) is 4.69. The number of aromatic nitrogens is 2. The highest BCUT2D eigenvalue weighted by atomic mass is 16.5. The van der Waals surface area contributed by atoms with Crippen LogP contribution in [0.2, 0.25) is 0 Å². The Balaban J connectivity index is 1.47. The summed E-state index contributed by atoms with van der Waals surface area (Å²) >= 11 is 0. The van der Waals surface area contributed by atoms with Gasteiger partial charge in [0.05, 0.1) is 7.11 Å². The van der Waals surface area contributed by atoms with Crippen LogP contribution in [0.3, 0.4) is 0 Å². The molecular formula is C19H18N4O4. The smallest absolute Gasteiger partial charge is 0.316 e. The highest BCUT2D eigenvalue weighted by molar-refractivity contribution is 5.94. The summed E-state index contributed by atoms with van der Waals surface area (Å²) in [5.74, 6) is 0.0502. The van der Waals surface area contributed by atoms with Crippen LogP contribution in [0.15, 0.2) is 59.1 Å². The molecule has 1 aromatic heterocycles. The highest BCUT2D eigenvalue weighted by Gasteiger charge is 2.15. The van der Waals surface area contributed by atoms with Gasteiger partial charge in [-0.15, -0.1) is 0 Å². The minimum atomic E-state index is -0.500. The van der Waals surface area contributed by atoms with Crippen molar-refractivity contribution in [1.29, 1.82) is 0 Å². The molecule has 3 rings (SSSR count). The second-order valence-electron chi connectivity index (χ2n) is 5.53. The second-order valence-corrected chi connectivity index (χ2v) is 5.53. The molecule has 8 nitrogen and oxygen atoms in total. The van der Waals surface area contributed by atoms with E-state index in [0.717, 1.165) is 5.56 Å². The third-order valence-corrected chi connectivity index (χ3v) is 3.68. The molecule has 138 valence electrons. The minimum Gasteiger partial charge on any atom is -0.497 e. The molecule has 0 aliphatic heterocycles. The number of hydrogen-bond donors (Lipinski definition) is 2. The van der Waals surface area contributed by atoms with E-state index in [1.807, 2.05) is 30.3 Å². The van der Waals surface area contributed by atoms with Crippen LogP contribution in [-0.2, 0) is 0 Å². The van der Waals surface area contributed by atoms with Crippen molar-refractivity contribution in [2.24, 2.45) is 0 Å². The van der Waals surface area contributed by atoms with Gasteiger partial charge in [-0.05, 0) is 18.2 Å². The molecule has 2 amide bonds. The normalized spacial score (nSPS) is 10.3. The number of ether oxygens (including phenoxy) is 1. The standard InChI is InChI=1S/C19H18N4O4/c1-26-15-9-5-8-14(12-15)17(24)20-10-11-21-18(25)19-22-16(23-27-19)13-6-3-2-4-7-13/h2-9,12H,10-11H2,1H3,(H,20,24)(H,21,25). The number of nitrogens with one attached hydrogen (secondary N) is 2. The summed E-state index contributed by atoms with van der Waals surface area (Å²) in [4.78, 5) is 28.2. The van der Waals surface area contributed by atoms with E-state index < -0.39 is 5.91 Å². The molecular weight excluding hydrogens is 348 g/mol. The molecule has 1 heterocycles. The van der Waals surface area contributed by atoms with Crippen molar-refractivity contribution in [2.75, 3.05) is 20.2 Å². The zero-order chi connectivity index (χ0) is 19.1. The van der Waals surface area contributed by atoms with Gasteiger partial charge < -0.3 is 19.9 Å². The molecule has 8 heteroatoms. The lowest BCUT2D eigenvalue weighted by atomic mass is 10.2. The van der Waals surface area contributed by atoms with Gasteiger partial charge in [0.15, 0.2) is 0 Å². The first-order chi connectivity index (χ1) is 13.2. The molecule has 2 N–H and O–H groups in total. The van der Waals surface area contributed by atoms with Gasteiger partial charge in [-0.3, -0.25) is 9.59 Å². The van der Waals surface area contributed by atoms with Gasteiger partial charge in [-0.1, -0.05) is 41.6 Å². The van der Waals surface area contributed by atoms with Crippen LogP contribution in [0.5, 0.6) is 5.75 Å². The summed E-state index contributed by atoms with van der Waals surface area (Å²) in [5.41, 5.74) is 1.23. The fourth-order valence-electron chi connectivity index (χ4n) is 2.31. The lowest BCUT2D eigenvalue weighted by Gasteiger charge is -2.07. The lowest BCUT2D eigenvalue weighted by molar-refractivity contribution is 0.0898. The fraction of sp³-hybridized carbons (Fsp3) is 0.158. The van der Waals surface area contributed by atoms with Crippen molar-refractivity contribution in [1.82, 2.24) is 20.8 Å². The quantitative estimate of drug-likeness (QED) is 0.619. The van der Waals surface area contributed by atoms with Crippen molar-refractivity contribution in [3.63, 3.8) is 0 Å². The van der Waals surface area contributed by atoms with Crippen LogP contribution < -0.4 is 15.4 Å². The van der Waals surface area contributed by atoms with Crippen molar-refractivity contribution in [3.05, 3.63) is 66.1 Å². The molecule has 0 spiro atoms. The Morgan fingerprint density at radius 3 is 2.48 bits per heavy atom. The first-order valence-corrected chi connectivity index (χ1v) is 8.27. The maximum atomic E-state index is 12.1. The Bertz CT molecular complexity index is 924. The second kappa shape index (κ2) is 8.61. The summed E-state index contributed by atoms with van der Waals surface area (Å²) in [7, 11) is 1.54. The molecule has 0 fully saturated rings. The van der Waals surface area contributed by atoms with Crippen molar-refractivity contribution < 1.29 is 18.8 Å². The minimum absolute atomic E-state index is 0.132. The molecule has 0 bridgehead atoms. The number of carbonyl (C=O) groups is 2. The van der Waals surface area contributed by atoms with E-state index in [2.05, 4.69) is 20.8 Å². The van der Waals surface area contributed by atoms with Gasteiger partial charge in [0.2, 0.25) is 5.82 Å². The number of nitrogens with zero attached hydrogens (tertiary/aromatic N) is 2. The monoisotopic (exact) mass is 366 g/mol. The maximum Gasteiger partial charge on any atom is 0.316 e. The number of amides is 2. The molecule has 3 aromatic rings. The van der Waals surface area contributed by atoms with Gasteiger partial charge >= 0.3 is 11.8 Å². The van der Waals surface area contributed by atoms with Gasteiger partial charge in [0, 0.05) is 24.2 Å². The number of methoxy groups -OCH3 is 1. The molecule has 0 saturated carbocycles. The molecule has 2 aromatic carbocycles. The number of benzene rings is 2. The van der Waals surface area contributed by atoms with E-state index in [4.69, 9.17) is 9.26 Å². The highest BCUT2D eigenvalue weighted by Crippen LogP contribution is 2.14. The fourth-order valence-corrected chi connectivity index (χ4v) is 2.31. The van der Waals surface area contributed by atoms with Crippen LogP contribution in [-0.4, -0.2) is 42.2 Å². The van der Waals surface area contributed by atoms with E-state index in [0.29, 0.717) is 17.1 Å². The average molecular weight is 366 g/mol. The molecule has 0 saturated heterocycles. The first-order valence-electron chi connectivity index (χ1n) is 8.27. The van der Waals surface area contributed by atoms with Crippen molar-refractivity contribution >= 4 is 11.8 Å². The Kier molecular flexibility index (Phi) is 5.78. The van der Waals surface area contributed by atoms with Crippen molar-refractivity contribution in [2.45, 2.75) is 0 Å². The molecule has 27 heavy (non-hydrogen) atoms. The molecule has 0 atom stereocenters. The predicted molar refractivity (Wildman–Crippen MR) is 97.4 cm³/mol. The summed E-state index contributed by atoms with van der Waals surface area (Å²) in [5, 5.41) is 9.12. The lowest BCUT2D eigenvalue weighted by Crippen LogP contribution is -2.34. The topological polar surface area (TPSA) is 106 Å². The number of rotatable bonds is 7. The largest absolute Gasteiger partial charge is 0.497 e. The Morgan fingerprint density at radius 1 is 1.00 bits per heavy atom. The van der Waals surface area contributed by atoms with Gasteiger partial charge in [0.25, 0.3) is 5.91 Å². The van der Waals surface area contributed by atoms with Crippen LogP contribution in [0.1, 0.15) is 21.0 Å². The van der Waals surface area contributed by atoms with E-state index in [1.165, 1.54) is 7.11 Å². The summed E-state index contributed by atoms with van der Waals surface area (Å²) < 4.78 is 10.1. The summed E-state index contributed by atoms with van der Waals surface area (Å²) in [6.07, 6.45) is 0. The molecule has 0 aliphatic rings. The SMILES string of the molecule is COc1cccc(C(=O)NCCNC(=O)c2nc(-c3ccccc3)no2)c1. The molecule has 0 aliphatic carbocycles. The van der Waals surface area contributed by atoms with E-state index in [-0.39, 0.29) is 24.9 Å². The van der Waals surface area contributed by atoms with Crippen LogP contribution in [0, 0.1) is 0 Å². The Morgan fingerprint density at radius 2 is 1.74 bits per heavy atom. The van der Waals surface area contributed by atoms with E-state index in [1.54, 1.807) is 24.3 Å². The maximum absolute atomic E-state index is 12.1. The Labute approximate surface area is 155 Å². The van der Waals surface area contributed by atoms with Gasteiger partial charge in [-0.25, -0.2) is 0 Å². The first kappa shape index (κ1) is 18.1. The average Bonchev–Trinajstić information content (AvgIpc) is 3.22. The summed E-state index contributed by atoms with van der Waals surface area (Å²) in [6, 6.07) is 16.0. The van der Waals surface area contributed by atoms with E-state index in [9.17, 15) is 9.59 Å². The van der Waals surface area contributed by atoms with Crippen LogP contribution in [0.4, 0.5) is 0 Å².